The maximum atomic E-state index is 11.9. The number of carbonyl (C=O) groups excluding carboxylic acids is 1. The number of amides is 1. The molecule has 1 heterocycles. The van der Waals surface area contributed by atoms with Crippen molar-refractivity contribution in [1.82, 2.24) is 4.98 Å². The van der Waals surface area contributed by atoms with Gasteiger partial charge in [-0.3, -0.25) is 4.79 Å². The number of nitrogens with one attached hydrogen (secondary N) is 2. The fourth-order valence-electron chi connectivity index (χ4n) is 1.67. The third-order valence-corrected chi connectivity index (χ3v) is 3.10. The molecule has 2 aromatic rings. The summed E-state index contributed by atoms with van der Waals surface area (Å²) in [6.45, 7) is 1.95. The molecule has 0 aliphatic heterocycles. The third-order valence-electron chi connectivity index (χ3n) is 2.63. The lowest BCUT2D eigenvalue weighted by atomic mass is 10.2. The van der Waals surface area contributed by atoms with Crippen molar-refractivity contribution < 1.29 is 4.79 Å². The van der Waals surface area contributed by atoms with E-state index in [1.807, 2.05) is 30.3 Å². The van der Waals surface area contributed by atoms with E-state index >= 15 is 0 Å². The first-order valence-electron chi connectivity index (χ1n) is 5.97. The van der Waals surface area contributed by atoms with Gasteiger partial charge >= 0.3 is 0 Å². The molecule has 0 saturated carbocycles. The smallest absolute Gasteiger partial charge is 0.243 e. The molecule has 0 spiro atoms. The van der Waals surface area contributed by atoms with Crippen LogP contribution in [0.5, 0.6) is 0 Å². The summed E-state index contributed by atoms with van der Waals surface area (Å²) in [6, 6.07) is 11.1. The minimum atomic E-state index is -0.206. The summed E-state index contributed by atoms with van der Waals surface area (Å²) in [5.41, 5.74) is 2.12. The van der Waals surface area contributed by atoms with E-state index in [9.17, 15) is 4.79 Å². The highest BCUT2D eigenvalue weighted by Gasteiger charge is 2.10. The average Bonchev–Trinajstić information content (AvgIpc) is 2.42. The molecule has 2 N–H and O–H groups in total. The maximum absolute atomic E-state index is 11.9. The van der Waals surface area contributed by atoms with E-state index in [2.05, 4.69) is 15.6 Å². The Bertz CT molecular complexity index is 594. The van der Waals surface area contributed by atoms with Crippen molar-refractivity contribution in [3.05, 3.63) is 52.3 Å². The van der Waals surface area contributed by atoms with Crippen LogP contribution < -0.4 is 10.6 Å². The number of hydrogen-bond donors (Lipinski definition) is 2. The topological polar surface area (TPSA) is 54.0 Å². The van der Waals surface area contributed by atoms with Crippen LogP contribution in [0.15, 0.2) is 36.4 Å². The van der Waals surface area contributed by atoms with E-state index in [4.69, 9.17) is 23.2 Å². The maximum Gasteiger partial charge on any atom is 0.243 e. The molecule has 0 fully saturated rings. The largest absolute Gasteiger partial charge is 0.376 e. The lowest BCUT2D eigenvalue weighted by Gasteiger charge is -2.11. The standard InChI is InChI=1S/C14H13Cl2N3O/c1-9-7-11(15)18-14(16)13(9)19-12(20)8-17-10-5-3-2-4-6-10/h2-7,17H,8H2,1H3,(H,19,20). The Morgan fingerprint density at radius 2 is 1.95 bits per heavy atom. The number of hydrogen-bond acceptors (Lipinski definition) is 3. The molecular weight excluding hydrogens is 297 g/mol. The van der Waals surface area contributed by atoms with Crippen LogP contribution in [0.4, 0.5) is 11.4 Å². The Kier molecular flexibility index (Phi) is 4.82. The Labute approximate surface area is 127 Å². The fraction of sp³-hybridized carbons (Fsp3) is 0.143. The van der Waals surface area contributed by atoms with E-state index in [0.717, 1.165) is 11.3 Å². The highest BCUT2D eigenvalue weighted by molar-refractivity contribution is 6.34. The van der Waals surface area contributed by atoms with Crippen LogP contribution in [0.1, 0.15) is 5.56 Å². The monoisotopic (exact) mass is 309 g/mol. The molecular formula is C14H13Cl2N3O. The molecule has 1 aromatic carbocycles. The molecule has 0 unspecified atom stereocenters. The molecule has 0 atom stereocenters. The van der Waals surface area contributed by atoms with Crippen LogP contribution in [0, 0.1) is 6.92 Å². The normalized spacial score (nSPS) is 10.2. The summed E-state index contributed by atoms with van der Waals surface area (Å²) >= 11 is 11.7. The van der Waals surface area contributed by atoms with Gasteiger partial charge in [-0.1, -0.05) is 41.4 Å². The average molecular weight is 310 g/mol. The van der Waals surface area contributed by atoms with Crippen molar-refractivity contribution in [2.45, 2.75) is 6.92 Å². The number of pyridine rings is 1. The van der Waals surface area contributed by atoms with E-state index in [-0.39, 0.29) is 17.6 Å². The van der Waals surface area contributed by atoms with Gasteiger partial charge in [0.05, 0.1) is 12.2 Å². The molecule has 0 aliphatic carbocycles. The molecule has 0 bridgehead atoms. The summed E-state index contributed by atoms with van der Waals surface area (Å²) in [5.74, 6) is -0.206. The summed E-state index contributed by atoms with van der Waals surface area (Å²) in [6.07, 6.45) is 0. The molecule has 0 saturated heterocycles. The van der Waals surface area contributed by atoms with Gasteiger partial charge in [0.25, 0.3) is 0 Å². The SMILES string of the molecule is Cc1cc(Cl)nc(Cl)c1NC(=O)CNc1ccccc1. The minimum Gasteiger partial charge on any atom is -0.376 e. The Morgan fingerprint density at radius 3 is 2.60 bits per heavy atom. The lowest BCUT2D eigenvalue weighted by Crippen LogP contribution is -2.22. The van der Waals surface area contributed by atoms with Gasteiger partial charge in [-0.15, -0.1) is 0 Å². The predicted molar refractivity (Wildman–Crippen MR) is 82.6 cm³/mol. The predicted octanol–water partition coefficient (Wildman–Crippen LogP) is 3.75. The number of benzene rings is 1. The van der Waals surface area contributed by atoms with Gasteiger partial charge < -0.3 is 10.6 Å². The zero-order chi connectivity index (χ0) is 14.5. The summed E-state index contributed by atoms with van der Waals surface area (Å²) < 4.78 is 0. The van der Waals surface area contributed by atoms with Gasteiger partial charge in [-0.25, -0.2) is 4.98 Å². The number of rotatable bonds is 4. The van der Waals surface area contributed by atoms with Crippen LogP contribution in [0.25, 0.3) is 0 Å². The number of aromatic nitrogens is 1. The van der Waals surface area contributed by atoms with Crippen molar-refractivity contribution in [3.63, 3.8) is 0 Å². The Morgan fingerprint density at radius 1 is 1.25 bits per heavy atom. The highest BCUT2D eigenvalue weighted by atomic mass is 35.5. The first kappa shape index (κ1) is 14.6. The molecule has 2 rings (SSSR count). The van der Waals surface area contributed by atoms with Gasteiger partial charge in [0.2, 0.25) is 5.91 Å². The first-order chi connectivity index (χ1) is 9.56. The number of anilines is 2. The van der Waals surface area contributed by atoms with Crippen LogP contribution in [0.3, 0.4) is 0 Å². The molecule has 4 nitrogen and oxygen atoms in total. The van der Waals surface area contributed by atoms with Gasteiger partial charge in [-0.05, 0) is 30.7 Å². The Hall–Kier alpha value is -1.78. The molecule has 1 amide bonds. The number of carbonyl (C=O) groups is 1. The van der Waals surface area contributed by atoms with Crippen molar-refractivity contribution in [2.75, 3.05) is 17.2 Å². The van der Waals surface area contributed by atoms with Crippen molar-refractivity contribution in [1.29, 1.82) is 0 Å². The molecule has 0 aliphatic rings. The van der Waals surface area contributed by atoms with E-state index in [1.54, 1.807) is 13.0 Å². The summed E-state index contributed by atoms with van der Waals surface area (Å²) in [5, 5.41) is 6.22. The number of para-hydroxylation sites is 1. The van der Waals surface area contributed by atoms with Crippen LogP contribution in [-0.2, 0) is 4.79 Å². The molecule has 1 aromatic heterocycles. The van der Waals surface area contributed by atoms with Gasteiger partial charge in [0, 0.05) is 5.69 Å². The van der Waals surface area contributed by atoms with Crippen LogP contribution >= 0.6 is 23.2 Å². The zero-order valence-corrected chi connectivity index (χ0v) is 12.3. The minimum absolute atomic E-state index is 0.141. The zero-order valence-electron chi connectivity index (χ0n) is 10.8. The lowest BCUT2D eigenvalue weighted by molar-refractivity contribution is -0.114. The van der Waals surface area contributed by atoms with Gasteiger partial charge in [0.1, 0.15) is 5.15 Å². The first-order valence-corrected chi connectivity index (χ1v) is 6.73. The molecule has 0 radical (unpaired) electrons. The van der Waals surface area contributed by atoms with E-state index < -0.39 is 0 Å². The van der Waals surface area contributed by atoms with Crippen LogP contribution in [0.2, 0.25) is 10.3 Å². The summed E-state index contributed by atoms with van der Waals surface area (Å²) in [4.78, 5) is 15.8. The molecule has 20 heavy (non-hydrogen) atoms. The molecule has 104 valence electrons. The second-order valence-electron chi connectivity index (χ2n) is 4.20. The number of halogens is 2. The van der Waals surface area contributed by atoms with Crippen molar-refractivity contribution in [2.24, 2.45) is 0 Å². The second kappa shape index (κ2) is 6.59. The van der Waals surface area contributed by atoms with Gasteiger partial charge in [0.15, 0.2) is 5.15 Å². The van der Waals surface area contributed by atoms with E-state index in [1.165, 1.54) is 0 Å². The van der Waals surface area contributed by atoms with Gasteiger partial charge in [-0.2, -0.15) is 0 Å². The number of aryl methyl sites for hydroxylation is 1. The second-order valence-corrected chi connectivity index (χ2v) is 4.94. The quantitative estimate of drug-likeness (QED) is 0.846. The third kappa shape index (κ3) is 3.85. The van der Waals surface area contributed by atoms with Crippen molar-refractivity contribution in [3.8, 4) is 0 Å². The highest BCUT2D eigenvalue weighted by Crippen LogP contribution is 2.26. The van der Waals surface area contributed by atoms with E-state index in [0.29, 0.717) is 10.8 Å². The van der Waals surface area contributed by atoms with Crippen LogP contribution in [-0.4, -0.2) is 17.4 Å². The molecule has 6 heteroatoms. The Balaban J connectivity index is 1.98. The summed E-state index contributed by atoms with van der Waals surface area (Å²) in [7, 11) is 0. The number of nitrogens with zero attached hydrogens (tertiary/aromatic N) is 1. The fourth-order valence-corrected chi connectivity index (χ4v) is 2.25. The van der Waals surface area contributed by atoms with Crippen molar-refractivity contribution >= 4 is 40.5 Å².